The first kappa shape index (κ1) is 21.3. The maximum atomic E-state index is 12.6. The smallest absolute Gasteiger partial charge is 0.290 e. The molecule has 0 saturated carbocycles. The van der Waals surface area contributed by atoms with Crippen LogP contribution in [0.5, 0.6) is 5.75 Å². The minimum absolute atomic E-state index is 0.130. The number of imidazole rings is 1. The van der Waals surface area contributed by atoms with Crippen LogP contribution < -0.4 is 15.6 Å². The van der Waals surface area contributed by atoms with Crippen LogP contribution in [0, 0.1) is 0 Å². The van der Waals surface area contributed by atoms with Gasteiger partial charge < -0.3 is 4.74 Å². The number of hydrogen-bond acceptors (Lipinski definition) is 6. The van der Waals surface area contributed by atoms with Crippen LogP contribution >= 0.6 is 0 Å². The van der Waals surface area contributed by atoms with Gasteiger partial charge in [-0.3, -0.25) is 24.8 Å². The molecule has 32 heavy (non-hydrogen) atoms. The lowest BCUT2D eigenvalue weighted by atomic mass is 10.1. The quantitative estimate of drug-likeness (QED) is 0.448. The van der Waals surface area contributed by atoms with Crippen LogP contribution in [0.1, 0.15) is 17.4 Å². The molecule has 164 valence electrons. The molecule has 2 aromatic heterocycles. The van der Waals surface area contributed by atoms with Gasteiger partial charge in [0.1, 0.15) is 5.75 Å². The van der Waals surface area contributed by atoms with Crippen LogP contribution in [0.4, 0.5) is 0 Å². The largest absolute Gasteiger partial charge is 0.481 e. The highest BCUT2D eigenvalue weighted by Crippen LogP contribution is 2.21. The van der Waals surface area contributed by atoms with E-state index >= 15 is 0 Å². The number of ether oxygens (including phenoxy) is 1. The van der Waals surface area contributed by atoms with Crippen LogP contribution in [0.15, 0.2) is 72.0 Å². The van der Waals surface area contributed by atoms with Gasteiger partial charge in [-0.2, -0.15) is 0 Å². The van der Waals surface area contributed by atoms with Crippen molar-refractivity contribution in [3.8, 4) is 5.75 Å². The number of nitrogens with one attached hydrogen (secondary N) is 2. The Morgan fingerprint density at radius 2 is 1.72 bits per heavy atom. The second-order valence-corrected chi connectivity index (χ2v) is 9.09. The van der Waals surface area contributed by atoms with Crippen molar-refractivity contribution in [1.82, 2.24) is 20.2 Å². The fraction of sp³-hybridized carbons (Fsp3) is 0.136. The summed E-state index contributed by atoms with van der Waals surface area (Å²) >= 11 is 0. The Kier molecular flexibility index (Phi) is 5.54. The molecule has 1 unspecified atom stereocenters. The highest BCUT2D eigenvalue weighted by Gasteiger charge is 2.23. The predicted molar refractivity (Wildman–Crippen MR) is 118 cm³/mol. The zero-order valence-corrected chi connectivity index (χ0v) is 18.1. The molecule has 0 saturated heterocycles. The molecule has 2 N–H and O–H groups in total. The monoisotopic (exact) mass is 452 g/mol. The maximum Gasteiger partial charge on any atom is 0.290 e. The average molecular weight is 452 g/mol. The summed E-state index contributed by atoms with van der Waals surface area (Å²) in [5, 5.41) is 1.75. The first-order valence-electron chi connectivity index (χ1n) is 9.67. The van der Waals surface area contributed by atoms with Gasteiger partial charge >= 0.3 is 0 Å². The Labute approximate surface area is 183 Å². The third-order valence-electron chi connectivity index (χ3n) is 4.76. The van der Waals surface area contributed by atoms with E-state index in [1.807, 2.05) is 36.4 Å². The molecule has 0 bridgehead atoms. The van der Waals surface area contributed by atoms with Gasteiger partial charge in [0, 0.05) is 12.5 Å². The van der Waals surface area contributed by atoms with Crippen molar-refractivity contribution in [3.05, 3.63) is 72.6 Å². The number of hydrazine groups is 1. The summed E-state index contributed by atoms with van der Waals surface area (Å²) in [7, 11) is -3.67. The van der Waals surface area contributed by atoms with Gasteiger partial charge in [-0.1, -0.05) is 36.4 Å². The number of benzene rings is 2. The highest BCUT2D eigenvalue weighted by molar-refractivity contribution is 7.90. The van der Waals surface area contributed by atoms with Gasteiger partial charge in [-0.15, -0.1) is 0 Å². The third-order valence-corrected chi connectivity index (χ3v) is 5.72. The molecular formula is C22H20N4O5S. The Balaban J connectivity index is 1.45. The lowest BCUT2D eigenvalue weighted by Crippen LogP contribution is -2.47. The second-order valence-electron chi connectivity index (χ2n) is 7.18. The lowest BCUT2D eigenvalue weighted by molar-refractivity contribution is -0.128. The number of carbonyl (C=O) groups excluding carboxylic acids is 2. The van der Waals surface area contributed by atoms with Crippen molar-refractivity contribution in [2.24, 2.45) is 0 Å². The molecular weight excluding hydrogens is 432 g/mol. The van der Waals surface area contributed by atoms with Gasteiger partial charge in [0.15, 0.2) is 11.8 Å². The zero-order valence-electron chi connectivity index (χ0n) is 17.3. The summed E-state index contributed by atoms with van der Waals surface area (Å²) in [4.78, 5) is 29.0. The molecule has 2 amide bonds. The van der Waals surface area contributed by atoms with E-state index < -0.39 is 27.8 Å². The number of hydrogen-bond donors (Lipinski definition) is 2. The summed E-state index contributed by atoms with van der Waals surface area (Å²) < 4.78 is 31.0. The van der Waals surface area contributed by atoms with E-state index in [4.69, 9.17) is 4.74 Å². The number of amides is 2. The molecule has 4 rings (SSSR count). The molecule has 9 nitrogen and oxygen atoms in total. The number of rotatable bonds is 5. The van der Waals surface area contributed by atoms with Gasteiger partial charge in [0.25, 0.3) is 11.8 Å². The Bertz CT molecular complexity index is 1450. The number of fused-ring (bicyclic) bond motifs is 2. The molecule has 0 radical (unpaired) electrons. The molecule has 2 heterocycles. The predicted octanol–water partition coefficient (Wildman–Crippen LogP) is 2.12. The molecule has 0 aliphatic rings. The number of nitrogens with zero attached hydrogens (tertiary/aromatic N) is 2. The first-order chi connectivity index (χ1) is 15.2. The Morgan fingerprint density at radius 3 is 2.47 bits per heavy atom. The minimum atomic E-state index is -3.67. The van der Waals surface area contributed by atoms with Crippen molar-refractivity contribution in [2.75, 3.05) is 6.26 Å². The van der Waals surface area contributed by atoms with Crippen molar-refractivity contribution < 1.29 is 22.7 Å². The third kappa shape index (κ3) is 4.26. The van der Waals surface area contributed by atoms with Gasteiger partial charge in [-0.25, -0.2) is 13.4 Å². The number of sulfone groups is 1. The van der Waals surface area contributed by atoms with E-state index in [2.05, 4.69) is 15.8 Å². The zero-order chi connectivity index (χ0) is 22.9. The van der Waals surface area contributed by atoms with E-state index in [-0.39, 0.29) is 10.9 Å². The van der Waals surface area contributed by atoms with E-state index in [0.29, 0.717) is 11.3 Å². The Morgan fingerprint density at radius 1 is 1.00 bits per heavy atom. The van der Waals surface area contributed by atoms with E-state index in [1.165, 1.54) is 10.6 Å². The number of aromatic nitrogens is 2. The highest BCUT2D eigenvalue weighted by atomic mass is 32.2. The van der Waals surface area contributed by atoms with E-state index in [0.717, 1.165) is 17.0 Å². The minimum Gasteiger partial charge on any atom is -0.481 e. The lowest BCUT2D eigenvalue weighted by Gasteiger charge is -2.15. The normalized spacial score (nSPS) is 12.4. The molecule has 0 aliphatic heterocycles. The van der Waals surface area contributed by atoms with E-state index in [9.17, 15) is 18.0 Å². The topological polar surface area (TPSA) is 119 Å². The standard InChI is InChI=1S/C22H20N4O5S/c1-14(31-17-11-10-15-7-3-4-8-16(15)13-17)20(27)24-25-21(28)19-18-9-5-6-12-26(18)22(23-19)32(2,29)30/h3-14H,1-2H3,(H,24,27)(H,25,28). The number of carbonyl (C=O) groups is 2. The van der Waals surface area contributed by atoms with Gasteiger partial charge in [0.05, 0.1) is 5.52 Å². The molecule has 0 aliphatic carbocycles. The molecule has 0 fully saturated rings. The van der Waals surface area contributed by atoms with Crippen molar-refractivity contribution in [2.45, 2.75) is 18.2 Å². The van der Waals surface area contributed by atoms with Crippen LogP contribution in [0.25, 0.3) is 16.3 Å². The molecule has 2 aromatic carbocycles. The fourth-order valence-electron chi connectivity index (χ4n) is 3.22. The summed E-state index contributed by atoms with van der Waals surface area (Å²) in [5.74, 6) is -0.830. The summed E-state index contributed by atoms with van der Waals surface area (Å²) in [5.41, 5.74) is 4.71. The van der Waals surface area contributed by atoms with Gasteiger partial charge in [0.2, 0.25) is 15.0 Å². The van der Waals surface area contributed by atoms with Crippen LogP contribution in [-0.2, 0) is 14.6 Å². The molecule has 1 atom stereocenters. The SMILES string of the molecule is CC(Oc1ccc2ccccc2c1)C(=O)NNC(=O)c1nc(S(C)(=O)=O)n2ccccc12. The van der Waals surface area contributed by atoms with E-state index in [1.54, 1.807) is 31.2 Å². The van der Waals surface area contributed by atoms with Crippen LogP contribution in [-0.4, -0.2) is 42.0 Å². The van der Waals surface area contributed by atoms with Crippen molar-refractivity contribution in [1.29, 1.82) is 0 Å². The maximum absolute atomic E-state index is 12.6. The van der Waals surface area contributed by atoms with Gasteiger partial charge in [-0.05, 0) is 42.0 Å². The molecule has 0 spiro atoms. The van der Waals surface area contributed by atoms with Crippen LogP contribution in [0.3, 0.4) is 0 Å². The second kappa shape index (κ2) is 8.31. The molecule has 4 aromatic rings. The summed E-state index contributed by atoms with van der Waals surface area (Å²) in [6.45, 7) is 1.55. The fourth-order valence-corrected chi connectivity index (χ4v) is 3.99. The summed E-state index contributed by atoms with van der Waals surface area (Å²) in [6, 6.07) is 18.1. The molecule has 10 heteroatoms. The first-order valence-corrected chi connectivity index (χ1v) is 11.6. The average Bonchev–Trinajstić information content (AvgIpc) is 3.17. The number of pyridine rings is 1. The van der Waals surface area contributed by atoms with Crippen molar-refractivity contribution >= 4 is 37.9 Å². The Hall–Kier alpha value is -3.92. The van der Waals surface area contributed by atoms with Crippen LogP contribution in [0.2, 0.25) is 0 Å². The summed E-state index contributed by atoms with van der Waals surface area (Å²) in [6.07, 6.45) is 1.60. The van der Waals surface area contributed by atoms with Crippen molar-refractivity contribution in [3.63, 3.8) is 0 Å².